The molecule has 1 N–H and O–H groups in total. The second-order valence-electron chi connectivity index (χ2n) is 4.03. The molecule has 0 bridgehead atoms. The van der Waals surface area contributed by atoms with Gasteiger partial charge in [-0.2, -0.15) is 0 Å². The zero-order valence-electron chi connectivity index (χ0n) is 10.0. The number of nitrogens with one attached hydrogen (secondary N) is 1. The fourth-order valence-electron chi connectivity index (χ4n) is 1.62. The Hall–Kier alpha value is -1.27. The third kappa shape index (κ3) is 3.36. The third-order valence-corrected chi connectivity index (χ3v) is 3.29. The number of nitrogens with zero attached hydrogens (tertiary/aromatic N) is 3. The number of aryl methyl sites for hydroxylation is 1. The Balaban J connectivity index is 1.78. The number of aromatic nitrogens is 3. The summed E-state index contributed by atoms with van der Waals surface area (Å²) in [6, 6.07) is 5.14. The van der Waals surface area contributed by atoms with Gasteiger partial charge < -0.3 is 9.88 Å². The summed E-state index contributed by atoms with van der Waals surface area (Å²) in [5, 5.41) is 11.1. The Morgan fingerprint density at radius 1 is 1.44 bits per heavy atom. The predicted molar refractivity (Wildman–Crippen MR) is 70.5 cm³/mol. The Labute approximate surface area is 113 Å². The maximum Gasteiger partial charge on any atom is 0.137 e. The van der Waals surface area contributed by atoms with E-state index in [9.17, 15) is 4.39 Å². The molecule has 1 heterocycles. The topological polar surface area (TPSA) is 42.7 Å². The van der Waals surface area contributed by atoms with E-state index in [0.717, 1.165) is 24.4 Å². The van der Waals surface area contributed by atoms with E-state index in [1.807, 2.05) is 17.7 Å². The minimum Gasteiger partial charge on any atom is -0.321 e. The number of hydrogen-bond donors (Lipinski definition) is 1. The molecule has 2 aromatic rings. The lowest BCUT2D eigenvalue weighted by Gasteiger charge is -2.05. The van der Waals surface area contributed by atoms with Crippen molar-refractivity contribution in [2.24, 2.45) is 7.05 Å². The average Bonchev–Trinajstić information content (AvgIpc) is 2.75. The van der Waals surface area contributed by atoms with Crippen molar-refractivity contribution in [3.05, 3.63) is 46.2 Å². The molecule has 6 heteroatoms. The zero-order valence-corrected chi connectivity index (χ0v) is 11.6. The normalized spacial score (nSPS) is 10.8. The highest BCUT2D eigenvalue weighted by Crippen LogP contribution is 2.16. The fourth-order valence-corrected chi connectivity index (χ4v) is 1.86. The molecule has 2 rings (SSSR count). The summed E-state index contributed by atoms with van der Waals surface area (Å²) >= 11 is 3.13. The van der Waals surface area contributed by atoms with E-state index in [2.05, 4.69) is 31.4 Å². The van der Waals surface area contributed by atoms with Gasteiger partial charge in [-0.3, -0.25) is 0 Å². The molecule has 0 aliphatic carbocycles. The Bertz CT molecular complexity index is 527. The SMILES string of the molecule is Cn1cnnc1CCNCc1ccc(Br)c(F)c1. The van der Waals surface area contributed by atoms with E-state index in [0.29, 0.717) is 11.0 Å². The molecule has 0 spiro atoms. The van der Waals surface area contributed by atoms with Crippen LogP contribution < -0.4 is 5.32 Å². The quantitative estimate of drug-likeness (QED) is 0.859. The van der Waals surface area contributed by atoms with Gasteiger partial charge in [-0.15, -0.1) is 10.2 Å². The van der Waals surface area contributed by atoms with Crippen LogP contribution in [-0.2, 0) is 20.0 Å². The van der Waals surface area contributed by atoms with Crippen LogP contribution in [0.25, 0.3) is 0 Å². The van der Waals surface area contributed by atoms with Crippen LogP contribution in [0.5, 0.6) is 0 Å². The summed E-state index contributed by atoms with van der Waals surface area (Å²) in [5.74, 6) is 0.701. The van der Waals surface area contributed by atoms with Gasteiger partial charge in [0.2, 0.25) is 0 Å². The first-order valence-electron chi connectivity index (χ1n) is 5.64. The van der Waals surface area contributed by atoms with Gasteiger partial charge in [0, 0.05) is 26.6 Å². The molecular formula is C12H14BrFN4. The van der Waals surface area contributed by atoms with Crippen LogP contribution in [0, 0.1) is 5.82 Å². The van der Waals surface area contributed by atoms with Crippen LogP contribution in [0.3, 0.4) is 0 Å². The molecule has 0 unspecified atom stereocenters. The van der Waals surface area contributed by atoms with Crippen LogP contribution in [0.4, 0.5) is 4.39 Å². The second-order valence-corrected chi connectivity index (χ2v) is 4.89. The molecule has 1 aromatic carbocycles. The van der Waals surface area contributed by atoms with Gasteiger partial charge in [0.05, 0.1) is 4.47 Å². The van der Waals surface area contributed by atoms with Crippen molar-refractivity contribution in [1.82, 2.24) is 20.1 Å². The summed E-state index contributed by atoms with van der Waals surface area (Å²) in [4.78, 5) is 0. The van der Waals surface area contributed by atoms with Crippen molar-refractivity contribution < 1.29 is 4.39 Å². The van der Waals surface area contributed by atoms with E-state index in [4.69, 9.17) is 0 Å². The van der Waals surface area contributed by atoms with Crippen LogP contribution in [-0.4, -0.2) is 21.3 Å². The maximum atomic E-state index is 13.3. The van der Waals surface area contributed by atoms with E-state index in [1.165, 1.54) is 6.07 Å². The molecule has 0 aliphatic rings. The molecule has 0 saturated carbocycles. The van der Waals surface area contributed by atoms with E-state index >= 15 is 0 Å². The van der Waals surface area contributed by atoms with Gasteiger partial charge in [0.15, 0.2) is 0 Å². The Kier molecular flexibility index (Phi) is 4.43. The van der Waals surface area contributed by atoms with Gasteiger partial charge in [-0.1, -0.05) is 6.07 Å². The molecule has 0 amide bonds. The van der Waals surface area contributed by atoms with Gasteiger partial charge in [0.25, 0.3) is 0 Å². The highest BCUT2D eigenvalue weighted by Gasteiger charge is 2.02. The summed E-state index contributed by atoms with van der Waals surface area (Å²) in [6.07, 6.45) is 2.48. The number of benzene rings is 1. The van der Waals surface area contributed by atoms with E-state index < -0.39 is 0 Å². The summed E-state index contributed by atoms with van der Waals surface area (Å²) < 4.78 is 15.6. The highest BCUT2D eigenvalue weighted by atomic mass is 79.9. The molecule has 0 aliphatic heterocycles. The van der Waals surface area contributed by atoms with Gasteiger partial charge in [0.1, 0.15) is 18.0 Å². The largest absolute Gasteiger partial charge is 0.321 e. The second kappa shape index (κ2) is 6.06. The lowest BCUT2D eigenvalue weighted by atomic mass is 10.2. The monoisotopic (exact) mass is 312 g/mol. The molecule has 0 fully saturated rings. The minimum atomic E-state index is -0.234. The number of halogens is 2. The van der Waals surface area contributed by atoms with Crippen molar-refractivity contribution in [2.75, 3.05) is 6.54 Å². The van der Waals surface area contributed by atoms with Crippen molar-refractivity contribution in [3.63, 3.8) is 0 Å². The highest BCUT2D eigenvalue weighted by molar-refractivity contribution is 9.10. The molecule has 96 valence electrons. The van der Waals surface area contributed by atoms with Crippen LogP contribution in [0.1, 0.15) is 11.4 Å². The van der Waals surface area contributed by atoms with Crippen molar-refractivity contribution >= 4 is 15.9 Å². The summed E-state index contributed by atoms with van der Waals surface area (Å²) in [7, 11) is 1.92. The van der Waals surface area contributed by atoms with Crippen molar-refractivity contribution in [2.45, 2.75) is 13.0 Å². The lowest BCUT2D eigenvalue weighted by Crippen LogP contribution is -2.18. The van der Waals surface area contributed by atoms with Gasteiger partial charge in [-0.05, 0) is 33.6 Å². The summed E-state index contributed by atoms with van der Waals surface area (Å²) in [5.41, 5.74) is 0.925. The van der Waals surface area contributed by atoms with Crippen LogP contribution in [0.15, 0.2) is 29.0 Å². The maximum absolute atomic E-state index is 13.3. The summed E-state index contributed by atoms with van der Waals surface area (Å²) in [6.45, 7) is 1.42. The van der Waals surface area contributed by atoms with Gasteiger partial charge in [-0.25, -0.2) is 4.39 Å². The molecule has 0 atom stereocenters. The predicted octanol–water partition coefficient (Wildman–Crippen LogP) is 2.05. The molecule has 18 heavy (non-hydrogen) atoms. The van der Waals surface area contributed by atoms with E-state index in [-0.39, 0.29) is 5.82 Å². The molecule has 1 aromatic heterocycles. The van der Waals surface area contributed by atoms with Crippen LogP contribution >= 0.6 is 15.9 Å². The fraction of sp³-hybridized carbons (Fsp3) is 0.333. The first-order chi connectivity index (χ1) is 8.66. The molecule has 4 nitrogen and oxygen atoms in total. The number of rotatable bonds is 5. The van der Waals surface area contributed by atoms with Crippen molar-refractivity contribution in [1.29, 1.82) is 0 Å². The number of hydrogen-bond acceptors (Lipinski definition) is 3. The molecule has 0 radical (unpaired) electrons. The smallest absolute Gasteiger partial charge is 0.137 e. The zero-order chi connectivity index (χ0) is 13.0. The van der Waals surface area contributed by atoms with Crippen molar-refractivity contribution in [3.8, 4) is 0 Å². The first-order valence-corrected chi connectivity index (χ1v) is 6.43. The molecular weight excluding hydrogens is 299 g/mol. The lowest BCUT2D eigenvalue weighted by molar-refractivity contribution is 0.611. The molecule has 0 saturated heterocycles. The minimum absolute atomic E-state index is 0.234. The van der Waals surface area contributed by atoms with E-state index in [1.54, 1.807) is 12.4 Å². The standard InChI is InChI=1S/C12H14BrFN4/c1-18-8-16-17-12(18)4-5-15-7-9-2-3-10(13)11(14)6-9/h2-3,6,8,15H,4-5,7H2,1H3. The van der Waals surface area contributed by atoms with Gasteiger partial charge >= 0.3 is 0 Å². The Morgan fingerprint density at radius 3 is 2.94 bits per heavy atom. The first kappa shape index (κ1) is 13.2. The third-order valence-electron chi connectivity index (χ3n) is 2.64. The Morgan fingerprint density at radius 2 is 2.28 bits per heavy atom. The van der Waals surface area contributed by atoms with Crippen LogP contribution in [0.2, 0.25) is 0 Å². The average molecular weight is 313 g/mol.